The number of fused-ring (bicyclic) bond motifs is 3. The Balaban J connectivity index is 1.43. The van der Waals surface area contributed by atoms with E-state index in [4.69, 9.17) is 21.3 Å². The van der Waals surface area contributed by atoms with E-state index in [0.29, 0.717) is 32.2 Å². The van der Waals surface area contributed by atoms with Crippen LogP contribution in [-0.2, 0) is 16.1 Å². The predicted molar refractivity (Wildman–Crippen MR) is 177 cm³/mol. The van der Waals surface area contributed by atoms with Crippen LogP contribution in [0.5, 0.6) is 0 Å². The van der Waals surface area contributed by atoms with Gasteiger partial charge in [0.2, 0.25) is 0 Å². The van der Waals surface area contributed by atoms with Gasteiger partial charge in [-0.3, -0.25) is 9.36 Å². The molecule has 0 unspecified atom stereocenters. The Kier molecular flexibility index (Phi) is 7.28. The van der Waals surface area contributed by atoms with Gasteiger partial charge in [-0.25, -0.2) is 9.79 Å². The second-order valence-electron chi connectivity index (χ2n) is 10.7. The maximum atomic E-state index is 14.3. The van der Waals surface area contributed by atoms with Gasteiger partial charge < -0.3 is 9.30 Å². The number of para-hydroxylation sites is 1. The number of rotatable bonds is 6. The molecule has 6 aromatic rings. The molecule has 0 radical (unpaired) electrons. The summed E-state index contributed by atoms with van der Waals surface area (Å²) in [7, 11) is 0. The van der Waals surface area contributed by atoms with Crippen molar-refractivity contribution in [2.75, 3.05) is 6.61 Å². The summed E-state index contributed by atoms with van der Waals surface area (Å²) in [6, 6.07) is 29.2. The molecule has 8 heteroatoms. The van der Waals surface area contributed by atoms with Crippen molar-refractivity contribution in [3.63, 3.8) is 0 Å². The minimum Gasteiger partial charge on any atom is -0.463 e. The SMILES string of the molecule is CCOC(=O)C1=C(C)N=c2s/c(=C/c3cn(Cc4ccccc4Cl)c4ccccc34)c(=O)n2[C@H]1c1cccc2ccccc12. The average Bonchev–Trinajstić information content (AvgIpc) is 3.53. The molecule has 0 bridgehead atoms. The number of esters is 1. The third kappa shape index (κ3) is 4.78. The van der Waals surface area contributed by atoms with Gasteiger partial charge >= 0.3 is 5.97 Å². The van der Waals surface area contributed by atoms with Crippen LogP contribution in [-0.4, -0.2) is 21.7 Å². The molecule has 1 aliphatic rings. The lowest BCUT2D eigenvalue weighted by Gasteiger charge is -2.25. The highest BCUT2D eigenvalue weighted by molar-refractivity contribution is 7.07. The van der Waals surface area contributed by atoms with E-state index in [1.54, 1.807) is 11.5 Å². The molecule has 3 heterocycles. The largest absolute Gasteiger partial charge is 0.463 e. The standard InChI is InChI=1S/C36H28ClN3O3S/c1-3-43-35(42)32-22(2)38-36-40(33(32)28-16-10-13-23-11-4-6-14-26(23)28)34(41)31(44-36)19-25-21-39(30-18-9-7-15-27(25)30)20-24-12-5-8-17-29(24)37/h4-19,21,33H,3,20H2,1-2H3/b31-19+/t33-/m0/s1. The number of aromatic nitrogens is 2. The van der Waals surface area contributed by atoms with Gasteiger partial charge in [-0.1, -0.05) is 102 Å². The molecule has 0 fully saturated rings. The maximum absolute atomic E-state index is 14.3. The molecule has 1 atom stereocenters. The summed E-state index contributed by atoms with van der Waals surface area (Å²) >= 11 is 7.82. The highest BCUT2D eigenvalue weighted by Crippen LogP contribution is 2.35. The van der Waals surface area contributed by atoms with E-state index in [-0.39, 0.29) is 12.2 Å². The molecule has 0 amide bonds. The number of halogens is 1. The number of ether oxygens (including phenoxy) is 1. The Morgan fingerprint density at radius 2 is 1.70 bits per heavy atom. The van der Waals surface area contributed by atoms with Crippen molar-refractivity contribution in [2.24, 2.45) is 4.99 Å². The topological polar surface area (TPSA) is 65.6 Å². The molecule has 0 saturated heterocycles. The van der Waals surface area contributed by atoms with Crippen LogP contribution < -0.4 is 14.9 Å². The Hall–Kier alpha value is -4.72. The highest BCUT2D eigenvalue weighted by atomic mass is 35.5. The third-order valence-corrected chi connectivity index (χ3v) is 9.39. The fraction of sp³-hybridized carbons (Fsp3) is 0.139. The van der Waals surface area contributed by atoms with Gasteiger partial charge in [0.15, 0.2) is 4.80 Å². The second kappa shape index (κ2) is 11.4. The molecular weight excluding hydrogens is 590 g/mol. The van der Waals surface area contributed by atoms with Crippen LogP contribution in [0.1, 0.15) is 36.6 Å². The number of hydrogen-bond donors (Lipinski definition) is 0. The first-order valence-electron chi connectivity index (χ1n) is 14.4. The average molecular weight is 618 g/mol. The first-order valence-corrected chi connectivity index (χ1v) is 15.6. The van der Waals surface area contributed by atoms with Gasteiger partial charge in [0, 0.05) is 34.2 Å². The molecular formula is C36H28ClN3O3S. The lowest BCUT2D eigenvalue weighted by molar-refractivity contribution is -0.139. The molecule has 1 aliphatic heterocycles. The van der Waals surface area contributed by atoms with Crippen molar-refractivity contribution in [1.29, 1.82) is 0 Å². The zero-order valence-electron chi connectivity index (χ0n) is 24.2. The minimum absolute atomic E-state index is 0.205. The smallest absolute Gasteiger partial charge is 0.338 e. The monoisotopic (exact) mass is 617 g/mol. The zero-order chi connectivity index (χ0) is 30.4. The Bertz CT molecular complexity index is 2310. The molecule has 7 rings (SSSR count). The summed E-state index contributed by atoms with van der Waals surface area (Å²) in [5, 5.41) is 3.73. The summed E-state index contributed by atoms with van der Waals surface area (Å²) in [5.41, 5.74) is 4.54. The molecule has 4 aromatic carbocycles. The van der Waals surface area contributed by atoms with E-state index < -0.39 is 12.0 Å². The Labute approximate surface area is 262 Å². The molecule has 6 nitrogen and oxygen atoms in total. The van der Waals surface area contributed by atoms with Crippen LogP contribution in [0.4, 0.5) is 0 Å². The Morgan fingerprint density at radius 3 is 2.52 bits per heavy atom. The number of thiazole rings is 1. The molecule has 44 heavy (non-hydrogen) atoms. The van der Waals surface area contributed by atoms with E-state index in [1.807, 2.05) is 91.9 Å². The van der Waals surface area contributed by atoms with Crippen molar-refractivity contribution in [3.8, 4) is 0 Å². The van der Waals surface area contributed by atoms with Crippen molar-refractivity contribution in [2.45, 2.75) is 26.4 Å². The molecule has 218 valence electrons. The molecule has 0 saturated carbocycles. The van der Waals surface area contributed by atoms with Crippen LogP contribution in [0.15, 0.2) is 118 Å². The number of benzene rings is 4. The summed E-state index contributed by atoms with van der Waals surface area (Å²) in [6.07, 6.45) is 3.99. The van der Waals surface area contributed by atoms with Gasteiger partial charge in [-0.2, -0.15) is 0 Å². The number of nitrogens with zero attached hydrogens (tertiary/aromatic N) is 3. The summed E-state index contributed by atoms with van der Waals surface area (Å²) in [6.45, 7) is 4.40. The van der Waals surface area contributed by atoms with Crippen LogP contribution in [0.3, 0.4) is 0 Å². The number of carbonyl (C=O) groups excluding carboxylic acids is 1. The van der Waals surface area contributed by atoms with Crippen molar-refractivity contribution >= 4 is 56.7 Å². The number of hydrogen-bond acceptors (Lipinski definition) is 5. The van der Waals surface area contributed by atoms with Gasteiger partial charge in [0.25, 0.3) is 5.56 Å². The fourth-order valence-electron chi connectivity index (χ4n) is 6.05. The summed E-state index contributed by atoms with van der Waals surface area (Å²) < 4.78 is 9.83. The van der Waals surface area contributed by atoms with E-state index in [2.05, 4.69) is 22.9 Å². The van der Waals surface area contributed by atoms with Crippen molar-refractivity contribution in [1.82, 2.24) is 9.13 Å². The number of carbonyl (C=O) groups is 1. The molecule has 0 N–H and O–H groups in total. The Morgan fingerprint density at radius 1 is 0.977 bits per heavy atom. The third-order valence-electron chi connectivity index (χ3n) is 8.04. The number of allylic oxidation sites excluding steroid dienone is 1. The lowest BCUT2D eigenvalue weighted by Crippen LogP contribution is -2.40. The van der Waals surface area contributed by atoms with E-state index in [0.717, 1.165) is 38.4 Å². The highest BCUT2D eigenvalue weighted by Gasteiger charge is 2.34. The maximum Gasteiger partial charge on any atom is 0.338 e. The van der Waals surface area contributed by atoms with Gasteiger partial charge in [-0.05, 0) is 54.0 Å². The normalized spacial score (nSPS) is 15.1. The summed E-state index contributed by atoms with van der Waals surface area (Å²) in [5.74, 6) is -0.469. The quantitative estimate of drug-likeness (QED) is 0.198. The van der Waals surface area contributed by atoms with Gasteiger partial charge in [0.1, 0.15) is 0 Å². The second-order valence-corrected chi connectivity index (χ2v) is 12.1. The zero-order valence-corrected chi connectivity index (χ0v) is 25.7. The molecule has 0 aliphatic carbocycles. The lowest BCUT2D eigenvalue weighted by atomic mass is 9.91. The fourth-order valence-corrected chi connectivity index (χ4v) is 7.28. The van der Waals surface area contributed by atoms with Crippen LogP contribution in [0, 0.1) is 0 Å². The molecule has 2 aromatic heterocycles. The van der Waals surface area contributed by atoms with E-state index in [1.165, 1.54) is 11.3 Å². The van der Waals surface area contributed by atoms with E-state index in [9.17, 15) is 9.59 Å². The predicted octanol–water partition coefficient (Wildman–Crippen LogP) is 6.61. The summed E-state index contributed by atoms with van der Waals surface area (Å²) in [4.78, 5) is 33.0. The minimum atomic E-state index is -0.680. The van der Waals surface area contributed by atoms with Crippen molar-refractivity contribution in [3.05, 3.63) is 150 Å². The van der Waals surface area contributed by atoms with Gasteiger partial charge in [-0.15, -0.1) is 0 Å². The van der Waals surface area contributed by atoms with Crippen LogP contribution in [0.25, 0.3) is 27.8 Å². The van der Waals surface area contributed by atoms with Crippen LogP contribution >= 0.6 is 22.9 Å². The van der Waals surface area contributed by atoms with Crippen molar-refractivity contribution < 1.29 is 9.53 Å². The van der Waals surface area contributed by atoms with Crippen LogP contribution in [0.2, 0.25) is 5.02 Å². The molecule has 0 spiro atoms. The first kappa shape index (κ1) is 28.1. The first-order chi connectivity index (χ1) is 21.4. The van der Waals surface area contributed by atoms with Gasteiger partial charge in [0.05, 0.1) is 28.5 Å². The van der Waals surface area contributed by atoms with E-state index >= 15 is 0 Å².